The highest BCUT2D eigenvalue weighted by atomic mass is 35.5. The van der Waals surface area contributed by atoms with Gasteiger partial charge in [-0.2, -0.15) is 0 Å². The lowest BCUT2D eigenvalue weighted by Crippen LogP contribution is -2.26. The maximum absolute atomic E-state index is 12.4. The number of hydrogen-bond acceptors (Lipinski definition) is 3. The summed E-state index contributed by atoms with van der Waals surface area (Å²) in [5.74, 6) is 1.63. The van der Waals surface area contributed by atoms with E-state index in [1.807, 2.05) is 73.7 Å². The van der Waals surface area contributed by atoms with E-state index in [0.717, 1.165) is 28.2 Å². The molecule has 0 atom stereocenters. The second-order valence-electron chi connectivity index (χ2n) is 7.35. The van der Waals surface area contributed by atoms with E-state index in [-0.39, 0.29) is 5.91 Å². The molecule has 0 saturated heterocycles. The highest BCUT2D eigenvalue weighted by molar-refractivity contribution is 6.30. The van der Waals surface area contributed by atoms with E-state index in [2.05, 4.69) is 16.0 Å². The zero-order chi connectivity index (χ0) is 21.6. The van der Waals surface area contributed by atoms with Crippen LogP contribution in [-0.2, 0) is 13.0 Å². The Balaban J connectivity index is 1.42. The van der Waals surface area contributed by atoms with Crippen LogP contribution in [0.15, 0.2) is 72.8 Å². The topological polar surface area (TPSA) is 56.2 Å². The minimum absolute atomic E-state index is 0.0718. The Morgan fingerprint density at radius 1 is 1.06 bits per heavy atom. The molecule has 1 aromatic heterocycles. The van der Waals surface area contributed by atoms with Crippen molar-refractivity contribution in [1.29, 1.82) is 0 Å². The van der Waals surface area contributed by atoms with Gasteiger partial charge in [-0.3, -0.25) is 4.79 Å². The van der Waals surface area contributed by atoms with Crippen molar-refractivity contribution in [3.63, 3.8) is 0 Å². The molecule has 0 unspecified atom stereocenters. The van der Waals surface area contributed by atoms with Crippen LogP contribution in [0.1, 0.15) is 21.7 Å². The number of aryl methyl sites for hydroxylation is 1. The van der Waals surface area contributed by atoms with Crippen molar-refractivity contribution in [3.05, 3.63) is 94.8 Å². The number of amides is 1. The molecule has 0 aliphatic heterocycles. The standard InChI is InChI=1S/C25H24ClN3O2/c1-18-5-4-6-19(17-18)25(30)27-14-13-24-28-22-7-2-3-8-23(22)29(24)15-16-31-21-11-9-20(26)10-12-21/h2-12,17H,13-16H2,1H3,(H,27,30). The fraction of sp³-hybridized carbons (Fsp3) is 0.200. The summed E-state index contributed by atoms with van der Waals surface area (Å²) in [6.45, 7) is 3.65. The maximum atomic E-state index is 12.4. The molecule has 158 valence electrons. The molecule has 0 fully saturated rings. The molecule has 1 amide bonds. The molecule has 0 aliphatic rings. The van der Waals surface area contributed by atoms with Crippen LogP contribution < -0.4 is 10.1 Å². The van der Waals surface area contributed by atoms with Gasteiger partial charge in [-0.25, -0.2) is 4.98 Å². The summed E-state index contributed by atoms with van der Waals surface area (Å²) in [7, 11) is 0. The number of rotatable bonds is 8. The molecular weight excluding hydrogens is 410 g/mol. The van der Waals surface area contributed by atoms with E-state index in [1.165, 1.54) is 0 Å². The van der Waals surface area contributed by atoms with Gasteiger partial charge >= 0.3 is 0 Å². The lowest BCUT2D eigenvalue weighted by molar-refractivity contribution is 0.0953. The summed E-state index contributed by atoms with van der Waals surface area (Å²) in [5, 5.41) is 3.68. The highest BCUT2D eigenvalue weighted by Gasteiger charge is 2.12. The number of benzene rings is 3. The molecule has 1 N–H and O–H groups in total. The second-order valence-corrected chi connectivity index (χ2v) is 7.78. The summed E-state index contributed by atoms with van der Waals surface area (Å²) < 4.78 is 8.03. The van der Waals surface area contributed by atoms with Crippen LogP contribution in [0.5, 0.6) is 5.75 Å². The number of imidazole rings is 1. The Morgan fingerprint density at radius 3 is 2.68 bits per heavy atom. The van der Waals surface area contributed by atoms with Crippen molar-refractivity contribution in [1.82, 2.24) is 14.9 Å². The first-order valence-electron chi connectivity index (χ1n) is 10.3. The van der Waals surface area contributed by atoms with Gasteiger partial charge in [0, 0.05) is 23.6 Å². The first kappa shape index (κ1) is 20.9. The molecular formula is C25H24ClN3O2. The van der Waals surface area contributed by atoms with Gasteiger partial charge in [0.2, 0.25) is 0 Å². The van der Waals surface area contributed by atoms with Crippen LogP contribution in [0.3, 0.4) is 0 Å². The average Bonchev–Trinajstić information content (AvgIpc) is 3.12. The molecule has 1 heterocycles. The molecule has 31 heavy (non-hydrogen) atoms. The zero-order valence-corrected chi connectivity index (χ0v) is 18.1. The van der Waals surface area contributed by atoms with Gasteiger partial charge in [0.05, 0.1) is 17.6 Å². The summed E-state index contributed by atoms with van der Waals surface area (Å²) >= 11 is 5.93. The van der Waals surface area contributed by atoms with Gasteiger partial charge in [-0.05, 0) is 55.5 Å². The van der Waals surface area contributed by atoms with Crippen molar-refractivity contribution >= 4 is 28.5 Å². The van der Waals surface area contributed by atoms with E-state index in [4.69, 9.17) is 21.3 Å². The fourth-order valence-electron chi connectivity index (χ4n) is 3.53. The normalized spacial score (nSPS) is 10.9. The highest BCUT2D eigenvalue weighted by Crippen LogP contribution is 2.18. The minimum atomic E-state index is -0.0718. The van der Waals surface area contributed by atoms with Gasteiger partial charge in [0.15, 0.2) is 0 Å². The molecule has 4 rings (SSSR count). The summed E-state index contributed by atoms with van der Waals surface area (Å²) in [4.78, 5) is 17.2. The van der Waals surface area contributed by atoms with E-state index < -0.39 is 0 Å². The number of fused-ring (bicyclic) bond motifs is 1. The average molecular weight is 434 g/mol. The Bertz CT molecular complexity index is 1190. The molecule has 0 aliphatic carbocycles. The smallest absolute Gasteiger partial charge is 0.251 e. The van der Waals surface area contributed by atoms with Crippen LogP contribution in [-0.4, -0.2) is 28.6 Å². The summed E-state index contributed by atoms with van der Waals surface area (Å²) in [6.07, 6.45) is 0.632. The Hall–Kier alpha value is -3.31. The predicted octanol–water partition coefficient (Wildman–Crippen LogP) is 5.05. The zero-order valence-electron chi connectivity index (χ0n) is 17.3. The van der Waals surface area contributed by atoms with E-state index >= 15 is 0 Å². The molecule has 0 spiro atoms. The van der Waals surface area contributed by atoms with Gasteiger partial charge < -0.3 is 14.6 Å². The number of ether oxygens (including phenoxy) is 1. The SMILES string of the molecule is Cc1cccc(C(=O)NCCc2nc3ccccc3n2CCOc2ccc(Cl)cc2)c1. The maximum Gasteiger partial charge on any atom is 0.251 e. The molecule has 5 nitrogen and oxygen atoms in total. The van der Waals surface area contributed by atoms with Crippen molar-refractivity contribution in [2.75, 3.05) is 13.2 Å². The second kappa shape index (κ2) is 9.67. The van der Waals surface area contributed by atoms with Crippen LogP contribution in [0.2, 0.25) is 5.02 Å². The number of para-hydroxylation sites is 2. The first-order chi connectivity index (χ1) is 15.1. The third-order valence-electron chi connectivity index (χ3n) is 5.05. The molecule has 0 saturated carbocycles. The van der Waals surface area contributed by atoms with E-state index in [1.54, 1.807) is 0 Å². The largest absolute Gasteiger partial charge is 0.492 e. The number of hydrogen-bond donors (Lipinski definition) is 1. The molecule has 4 aromatic rings. The van der Waals surface area contributed by atoms with E-state index in [0.29, 0.717) is 36.7 Å². The van der Waals surface area contributed by atoms with Crippen molar-refractivity contribution in [2.24, 2.45) is 0 Å². The Labute approximate surface area is 186 Å². The number of carbonyl (C=O) groups excluding carboxylic acids is 1. The molecule has 0 bridgehead atoms. The van der Waals surface area contributed by atoms with Crippen LogP contribution in [0.25, 0.3) is 11.0 Å². The predicted molar refractivity (Wildman–Crippen MR) is 124 cm³/mol. The summed E-state index contributed by atoms with van der Waals surface area (Å²) in [5.41, 5.74) is 3.73. The Morgan fingerprint density at radius 2 is 1.87 bits per heavy atom. The number of carbonyl (C=O) groups is 1. The first-order valence-corrected chi connectivity index (χ1v) is 10.7. The number of halogens is 1. The number of nitrogens with zero attached hydrogens (tertiary/aromatic N) is 2. The molecule has 6 heteroatoms. The molecule has 3 aromatic carbocycles. The quantitative estimate of drug-likeness (QED) is 0.423. The molecule has 0 radical (unpaired) electrons. The number of nitrogens with one attached hydrogen (secondary N) is 1. The monoisotopic (exact) mass is 433 g/mol. The lowest BCUT2D eigenvalue weighted by Gasteiger charge is -2.11. The van der Waals surface area contributed by atoms with Crippen LogP contribution in [0, 0.1) is 6.92 Å². The van der Waals surface area contributed by atoms with Crippen LogP contribution >= 0.6 is 11.6 Å². The van der Waals surface area contributed by atoms with Gasteiger partial charge in [0.1, 0.15) is 18.2 Å². The third kappa shape index (κ3) is 5.25. The van der Waals surface area contributed by atoms with Crippen molar-refractivity contribution in [2.45, 2.75) is 19.9 Å². The third-order valence-corrected chi connectivity index (χ3v) is 5.30. The van der Waals surface area contributed by atoms with Gasteiger partial charge in [-0.1, -0.05) is 41.4 Å². The van der Waals surface area contributed by atoms with Crippen molar-refractivity contribution < 1.29 is 9.53 Å². The van der Waals surface area contributed by atoms with Gasteiger partial charge in [0.25, 0.3) is 5.91 Å². The Kier molecular flexibility index (Phi) is 6.53. The minimum Gasteiger partial charge on any atom is -0.492 e. The van der Waals surface area contributed by atoms with Gasteiger partial charge in [-0.15, -0.1) is 0 Å². The van der Waals surface area contributed by atoms with E-state index in [9.17, 15) is 4.79 Å². The fourth-order valence-corrected chi connectivity index (χ4v) is 3.65. The number of aromatic nitrogens is 2. The summed E-state index contributed by atoms with van der Waals surface area (Å²) in [6, 6.07) is 23.0. The lowest BCUT2D eigenvalue weighted by atomic mass is 10.1. The van der Waals surface area contributed by atoms with Crippen LogP contribution in [0.4, 0.5) is 0 Å². The van der Waals surface area contributed by atoms with Crippen molar-refractivity contribution in [3.8, 4) is 5.75 Å².